The van der Waals surface area contributed by atoms with Crippen LogP contribution in [0.1, 0.15) is 31.9 Å². The number of hydrogen-bond acceptors (Lipinski definition) is 7. The molecule has 1 heterocycles. The van der Waals surface area contributed by atoms with E-state index in [1.54, 1.807) is 5.38 Å². The van der Waals surface area contributed by atoms with Crippen LogP contribution in [0, 0.1) is 0 Å². The second-order valence-electron chi connectivity index (χ2n) is 4.21. The maximum absolute atomic E-state index is 11.6. The lowest BCUT2D eigenvalue weighted by Gasteiger charge is -2.04. The van der Waals surface area contributed by atoms with Gasteiger partial charge >= 0.3 is 11.9 Å². The first-order chi connectivity index (χ1) is 10.0. The van der Waals surface area contributed by atoms with Gasteiger partial charge in [0, 0.05) is 11.8 Å². The van der Waals surface area contributed by atoms with Gasteiger partial charge in [-0.15, -0.1) is 11.3 Å². The van der Waals surface area contributed by atoms with Crippen LogP contribution in [0.3, 0.4) is 0 Å². The van der Waals surface area contributed by atoms with Crippen LogP contribution >= 0.6 is 11.3 Å². The molecule has 1 amide bonds. The van der Waals surface area contributed by atoms with Crippen molar-refractivity contribution in [3.8, 4) is 0 Å². The van der Waals surface area contributed by atoms with Crippen LogP contribution < -0.4 is 5.32 Å². The summed E-state index contributed by atoms with van der Waals surface area (Å²) in [4.78, 5) is 37.9. The van der Waals surface area contributed by atoms with Crippen molar-refractivity contribution in [2.75, 3.05) is 19.0 Å². The van der Waals surface area contributed by atoms with Gasteiger partial charge in [-0.05, 0) is 6.42 Å². The van der Waals surface area contributed by atoms with Crippen LogP contribution in [0.15, 0.2) is 5.38 Å². The number of methoxy groups -OCH3 is 1. The van der Waals surface area contributed by atoms with E-state index in [0.717, 1.165) is 12.8 Å². The normalized spacial score (nSPS) is 10.0. The van der Waals surface area contributed by atoms with Crippen molar-refractivity contribution in [1.82, 2.24) is 4.98 Å². The Balaban J connectivity index is 2.34. The monoisotopic (exact) mass is 314 g/mol. The van der Waals surface area contributed by atoms with Gasteiger partial charge in [0.05, 0.1) is 19.2 Å². The molecule has 0 saturated heterocycles. The predicted octanol–water partition coefficient (Wildman–Crippen LogP) is 1.53. The van der Waals surface area contributed by atoms with Gasteiger partial charge in [-0.3, -0.25) is 19.7 Å². The lowest BCUT2D eigenvalue weighted by atomic mass is 10.2. The number of ether oxygens (including phenoxy) is 2. The highest BCUT2D eigenvalue weighted by molar-refractivity contribution is 7.13. The highest BCUT2D eigenvalue weighted by Gasteiger charge is 2.11. The summed E-state index contributed by atoms with van der Waals surface area (Å²) in [5.74, 6) is -1.25. The minimum Gasteiger partial charge on any atom is -0.469 e. The van der Waals surface area contributed by atoms with Crippen molar-refractivity contribution in [2.45, 2.75) is 32.6 Å². The highest BCUT2D eigenvalue weighted by atomic mass is 32.1. The maximum atomic E-state index is 11.6. The molecule has 0 radical (unpaired) electrons. The van der Waals surface area contributed by atoms with E-state index < -0.39 is 17.8 Å². The largest absolute Gasteiger partial charge is 0.469 e. The third-order valence-corrected chi connectivity index (χ3v) is 3.26. The summed E-state index contributed by atoms with van der Waals surface area (Å²) in [6.07, 6.45) is 1.99. The van der Waals surface area contributed by atoms with Gasteiger partial charge in [-0.1, -0.05) is 13.3 Å². The van der Waals surface area contributed by atoms with Gasteiger partial charge in [-0.2, -0.15) is 0 Å². The van der Waals surface area contributed by atoms with Crippen LogP contribution in [0.5, 0.6) is 0 Å². The fourth-order valence-corrected chi connectivity index (χ4v) is 2.09. The fraction of sp³-hybridized carbons (Fsp3) is 0.538. The molecule has 0 atom stereocenters. The van der Waals surface area contributed by atoms with Crippen molar-refractivity contribution in [1.29, 1.82) is 0 Å². The molecule has 0 fully saturated rings. The zero-order chi connectivity index (χ0) is 15.7. The Labute approximate surface area is 126 Å². The number of anilines is 1. The molecule has 0 saturated carbocycles. The second-order valence-corrected chi connectivity index (χ2v) is 5.07. The zero-order valence-corrected chi connectivity index (χ0v) is 12.8. The summed E-state index contributed by atoms with van der Waals surface area (Å²) in [5.41, 5.74) is 0.516. The summed E-state index contributed by atoms with van der Waals surface area (Å²) in [7, 11) is 1.30. The molecule has 21 heavy (non-hydrogen) atoms. The number of amides is 1. The Bertz CT molecular complexity index is 501. The van der Waals surface area contributed by atoms with E-state index in [4.69, 9.17) is 4.74 Å². The average Bonchev–Trinajstić information content (AvgIpc) is 2.89. The quantitative estimate of drug-likeness (QED) is 0.731. The minimum atomic E-state index is -0.459. The molecule has 7 nitrogen and oxygen atoms in total. The van der Waals surface area contributed by atoms with Crippen LogP contribution in [0.4, 0.5) is 5.13 Å². The SMILES string of the molecule is CCCCC(=O)OCC(=O)Nc1nc(CC(=O)OC)cs1. The number of rotatable bonds is 8. The maximum Gasteiger partial charge on any atom is 0.311 e. The third kappa shape index (κ3) is 6.84. The molecule has 0 aliphatic carbocycles. The van der Waals surface area contributed by atoms with E-state index in [-0.39, 0.29) is 13.0 Å². The molecule has 0 bridgehead atoms. The molecule has 1 aromatic rings. The van der Waals surface area contributed by atoms with Gasteiger partial charge in [0.15, 0.2) is 11.7 Å². The number of aromatic nitrogens is 1. The summed E-state index contributed by atoms with van der Waals surface area (Å²) in [6, 6.07) is 0. The van der Waals surface area contributed by atoms with E-state index in [9.17, 15) is 14.4 Å². The molecule has 1 aromatic heterocycles. The first-order valence-electron chi connectivity index (χ1n) is 6.51. The van der Waals surface area contributed by atoms with Gasteiger partial charge < -0.3 is 9.47 Å². The number of thiazole rings is 1. The van der Waals surface area contributed by atoms with Crippen LogP contribution in [-0.2, 0) is 30.3 Å². The van der Waals surface area contributed by atoms with E-state index in [2.05, 4.69) is 15.0 Å². The Morgan fingerprint density at radius 2 is 2.10 bits per heavy atom. The van der Waals surface area contributed by atoms with E-state index >= 15 is 0 Å². The summed E-state index contributed by atoms with van der Waals surface area (Å²) >= 11 is 1.19. The van der Waals surface area contributed by atoms with Crippen molar-refractivity contribution < 1.29 is 23.9 Å². The van der Waals surface area contributed by atoms with Gasteiger partial charge in [-0.25, -0.2) is 4.98 Å². The van der Waals surface area contributed by atoms with E-state index in [1.807, 2.05) is 6.92 Å². The van der Waals surface area contributed by atoms with E-state index in [0.29, 0.717) is 17.2 Å². The molecule has 0 unspecified atom stereocenters. The predicted molar refractivity (Wildman–Crippen MR) is 76.9 cm³/mol. The lowest BCUT2D eigenvalue weighted by Crippen LogP contribution is -2.20. The molecule has 1 N–H and O–H groups in total. The Morgan fingerprint density at radius 3 is 2.76 bits per heavy atom. The number of hydrogen-bond donors (Lipinski definition) is 1. The highest BCUT2D eigenvalue weighted by Crippen LogP contribution is 2.15. The lowest BCUT2D eigenvalue weighted by molar-refractivity contribution is -0.147. The number of nitrogens with one attached hydrogen (secondary N) is 1. The smallest absolute Gasteiger partial charge is 0.311 e. The number of carbonyl (C=O) groups excluding carboxylic acids is 3. The van der Waals surface area contributed by atoms with Crippen molar-refractivity contribution in [3.05, 3.63) is 11.1 Å². The van der Waals surface area contributed by atoms with Crippen molar-refractivity contribution in [3.63, 3.8) is 0 Å². The van der Waals surface area contributed by atoms with Crippen molar-refractivity contribution in [2.24, 2.45) is 0 Å². The Hall–Kier alpha value is -1.96. The molecule has 0 aliphatic rings. The molecule has 1 rings (SSSR count). The van der Waals surface area contributed by atoms with Crippen LogP contribution in [-0.4, -0.2) is 36.5 Å². The molecule has 0 aliphatic heterocycles. The fourth-order valence-electron chi connectivity index (χ4n) is 1.36. The standard InChI is InChI=1S/C13H18N2O5S/c1-3-4-5-11(17)20-7-10(16)15-13-14-9(8-21-13)6-12(18)19-2/h8H,3-7H2,1-2H3,(H,14,15,16). The third-order valence-electron chi connectivity index (χ3n) is 2.45. The van der Waals surface area contributed by atoms with Gasteiger partial charge in [0.25, 0.3) is 5.91 Å². The molecule has 0 spiro atoms. The first-order valence-corrected chi connectivity index (χ1v) is 7.39. The minimum absolute atomic E-state index is 0.0505. The molecule has 0 aromatic carbocycles. The topological polar surface area (TPSA) is 94.6 Å². The molecule has 116 valence electrons. The Morgan fingerprint density at radius 1 is 1.33 bits per heavy atom. The summed E-state index contributed by atoms with van der Waals surface area (Å²) in [6.45, 7) is 1.63. The molecular weight excluding hydrogens is 296 g/mol. The second kappa shape index (κ2) is 9.06. The number of unbranched alkanes of at least 4 members (excludes halogenated alkanes) is 1. The van der Waals surface area contributed by atoms with Crippen molar-refractivity contribution >= 4 is 34.3 Å². The summed E-state index contributed by atoms with van der Waals surface area (Å²) in [5, 5.41) is 4.51. The summed E-state index contributed by atoms with van der Waals surface area (Å²) < 4.78 is 9.34. The number of esters is 2. The average molecular weight is 314 g/mol. The van der Waals surface area contributed by atoms with Gasteiger partial charge in [0.2, 0.25) is 0 Å². The van der Waals surface area contributed by atoms with Crippen LogP contribution in [0.2, 0.25) is 0 Å². The zero-order valence-electron chi connectivity index (χ0n) is 12.0. The molecular formula is C13H18N2O5S. The Kier molecular flexibility index (Phi) is 7.38. The van der Waals surface area contributed by atoms with Crippen LogP contribution in [0.25, 0.3) is 0 Å². The number of carbonyl (C=O) groups is 3. The number of nitrogens with zero attached hydrogens (tertiary/aromatic N) is 1. The van der Waals surface area contributed by atoms with E-state index in [1.165, 1.54) is 18.4 Å². The first kappa shape index (κ1) is 17.1. The van der Waals surface area contributed by atoms with Gasteiger partial charge in [0.1, 0.15) is 0 Å². The molecule has 8 heteroatoms.